The van der Waals surface area contributed by atoms with Crippen molar-refractivity contribution in [2.24, 2.45) is 7.05 Å². The number of halogens is 1. The minimum Gasteiger partial charge on any atom is -0.493 e. The summed E-state index contributed by atoms with van der Waals surface area (Å²) in [5, 5.41) is 8.28. The van der Waals surface area contributed by atoms with E-state index >= 15 is 0 Å². The molecule has 136 valence electrons. The van der Waals surface area contributed by atoms with Crippen LogP contribution >= 0.6 is 11.6 Å². The number of aromatic nitrogens is 4. The van der Waals surface area contributed by atoms with Crippen LogP contribution in [-0.2, 0) is 13.7 Å². The topological polar surface area (TPSA) is 71.2 Å². The SMILES string of the molecule is CCOc1cccc(-n2nnn(C)c2=O)c1COc1cc(Cl)ccc1C. The lowest BCUT2D eigenvalue weighted by Crippen LogP contribution is -2.23. The van der Waals surface area contributed by atoms with Gasteiger partial charge in [-0.15, -0.1) is 0 Å². The van der Waals surface area contributed by atoms with Crippen molar-refractivity contribution in [1.82, 2.24) is 19.8 Å². The van der Waals surface area contributed by atoms with Gasteiger partial charge in [-0.25, -0.2) is 4.79 Å². The summed E-state index contributed by atoms with van der Waals surface area (Å²) in [4.78, 5) is 12.3. The number of tetrazole rings is 1. The molecule has 0 aliphatic carbocycles. The number of nitrogens with zero attached hydrogens (tertiary/aromatic N) is 4. The molecule has 0 bridgehead atoms. The van der Waals surface area contributed by atoms with Gasteiger partial charge in [-0.05, 0) is 54.1 Å². The minimum absolute atomic E-state index is 0.190. The molecule has 0 spiro atoms. The Morgan fingerprint density at radius 2 is 1.92 bits per heavy atom. The summed E-state index contributed by atoms with van der Waals surface area (Å²) >= 11 is 6.06. The molecule has 0 unspecified atom stereocenters. The fourth-order valence-electron chi connectivity index (χ4n) is 2.53. The zero-order chi connectivity index (χ0) is 18.7. The summed E-state index contributed by atoms with van der Waals surface area (Å²) in [6.45, 7) is 4.51. The Balaban J connectivity index is 2.02. The Morgan fingerprint density at radius 3 is 2.62 bits per heavy atom. The van der Waals surface area contributed by atoms with Crippen LogP contribution in [0.25, 0.3) is 5.69 Å². The first-order valence-corrected chi connectivity index (χ1v) is 8.52. The molecular weight excluding hydrogens is 356 g/mol. The van der Waals surface area contributed by atoms with Crippen molar-refractivity contribution in [3.63, 3.8) is 0 Å². The molecule has 7 nitrogen and oxygen atoms in total. The number of rotatable bonds is 6. The third-order valence-electron chi connectivity index (χ3n) is 3.88. The second-order valence-electron chi connectivity index (χ2n) is 5.68. The van der Waals surface area contributed by atoms with Crippen LogP contribution in [0.4, 0.5) is 0 Å². The summed E-state index contributed by atoms with van der Waals surface area (Å²) in [7, 11) is 1.55. The maximum Gasteiger partial charge on any atom is 0.368 e. The molecule has 1 heterocycles. The fraction of sp³-hybridized carbons (Fsp3) is 0.278. The summed E-state index contributed by atoms with van der Waals surface area (Å²) in [6, 6.07) is 10.9. The lowest BCUT2D eigenvalue weighted by Gasteiger charge is -2.16. The van der Waals surface area contributed by atoms with Crippen molar-refractivity contribution in [1.29, 1.82) is 0 Å². The molecule has 0 radical (unpaired) electrons. The molecule has 0 aliphatic rings. The summed E-state index contributed by atoms with van der Waals surface area (Å²) in [6.07, 6.45) is 0. The Kier molecular flexibility index (Phi) is 5.27. The highest BCUT2D eigenvalue weighted by molar-refractivity contribution is 6.30. The van der Waals surface area contributed by atoms with Gasteiger partial charge in [-0.3, -0.25) is 0 Å². The van der Waals surface area contributed by atoms with Gasteiger partial charge >= 0.3 is 5.69 Å². The van der Waals surface area contributed by atoms with Crippen LogP contribution in [-0.4, -0.2) is 26.4 Å². The highest BCUT2D eigenvalue weighted by Gasteiger charge is 2.16. The number of ether oxygens (including phenoxy) is 2. The molecule has 0 atom stereocenters. The van der Waals surface area contributed by atoms with Gasteiger partial charge in [0.15, 0.2) is 0 Å². The van der Waals surface area contributed by atoms with Gasteiger partial charge in [-0.2, -0.15) is 9.36 Å². The van der Waals surface area contributed by atoms with Gasteiger partial charge < -0.3 is 9.47 Å². The third-order valence-corrected chi connectivity index (χ3v) is 4.12. The molecule has 8 heteroatoms. The lowest BCUT2D eigenvalue weighted by atomic mass is 10.1. The van der Waals surface area contributed by atoms with E-state index in [1.807, 2.05) is 32.0 Å². The van der Waals surface area contributed by atoms with Crippen LogP contribution in [0.2, 0.25) is 5.02 Å². The van der Waals surface area contributed by atoms with Crippen LogP contribution in [0.1, 0.15) is 18.1 Å². The molecule has 26 heavy (non-hydrogen) atoms. The molecule has 1 aromatic heterocycles. The van der Waals surface area contributed by atoms with E-state index in [9.17, 15) is 4.79 Å². The summed E-state index contributed by atoms with van der Waals surface area (Å²) < 4.78 is 14.1. The maximum atomic E-state index is 12.3. The van der Waals surface area contributed by atoms with Crippen molar-refractivity contribution in [3.8, 4) is 17.2 Å². The Bertz CT molecular complexity index is 981. The largest absolute Gasteiger partial charge is 0.493 e. The normalized spacial score (nSPS) is 10.8. The van der Waals surface area contributed by atoms with E-state index in [-0.39, 0.29) is 12.3 Å². The number of hydrogen-bond acceptors (Lipinski definition) is 5. The van der Waals surface area contributed by atoms with E-state index < -0.39 is 0 Å². The van der Waals surface area contributed by atoms with Crippen LogP contribution in [0, 0.1) is 6.92 Å². The van der Waals surface area contributed by atoms with E-state index in [4.69, 9.17) is 21.1 Å². The molecule has 2 aromatic carbocycles. The molecule has 0 fully saturated rings. The first-order valence-electron chi connectivity index (χ1n) is 8.14. The van der Waals surface area contributed by atoms with Crippen LogP contribution < -0.4 is 15.2 Å². The van der Waals surface area contributed by atoms with Crippen molar-refractivity contribution < 1.29 is 9.47 Å². The van der Waals surface area contributed by atoms with E-state index in [0.29, 0.717) is 34.4 Å². The Hall–Kier alpha value is -2.80. The minimum atomic E-state index is -0.348. The molecule has 3 rings (SSSR count). The second kappa shape index (κ2) is 7.61. The van der Waals surface area contributed by atoms with Gasteiger partial charge in [0.2, 0.25) is 0 Å². The molecule has 0 amide bonds. The highest BCUT2D eigenvalue weighted by Crippen LogP contribution is 2.28. The fourth-order valence-corrected chi connectivity index (χ4v) is 2.69. The predicted molar refractivity (Wildman–Crippen MR) is 98.3 cm³/mol. The molecule has 0 saturated carbocycles. The highest BCUT2D eigenvalue weighted by atomic mass is 35.5. The maximum absolute atomic E-state index is 12.3. The quantitative estimate of drug-likeness (QED) is 0.663. The molecule has 3 aromatic rings. The molecule has 0 aliphatic heterocycles. The van der Waals surface area contributed by atoms with E-state index in [0.717, 1.165) is 5.56 Å². The van der Waals surface area contributed by atoms with E-state index in [2.05, 4.69) is 10.4 Å². The Labute approximate surface area is 155 Å². The van der Waals surface area contributed by atoms with Crippen LogP contribution in [0.3, 0.4) is 0 Å². The van der Waals surface area contributed by atoms with Crippen LogP contribution in [0.15, 0.2) is 41.2 Å². The second-order valence-corrected chi connectivity index (χ2v) is 6.12. The van der Waals surface area contributed by atoms with Crippen molar-refractivity contribution >= 4 is 11.6 Å². The van der Waals surface area contributed by atoms with Gasteiger partial charge in [0.05, 0.1) is 17.9 Å². The summed E-state index contributed by atoms with van der Waals surface area (Å²) in [5.74, 6) is 1.29. The summed E-state index contributed by atoms with van der Waals surface area (Å²) in [5.41, 5.74) is 1.88. The smallest absolute Gasteiger partial charge is 0.368 e. The number of hydrogen-bond donors (Lipinski definition) is 0. The zero-order valence-electron chi connectivity index (χ0n) is 14.8. The molecule has 0 saturated heterocycles. The number of aryl methyl sites for hydroxylation is 2. The monoisotopic (exact) mass is 374 g/mol. The van der Waals surface area contributed by atoms with Gasteiger partial charge in [0.1, 0.15) is 18.1 Å². The predicted octanol–water partition coefficient (Wildman–Crippen LogP) is 2.91. The average Bonchev–Trinajstić information content (AvgIpc) is 2.95. The van der Waals surface area contributed by atoms with E-state index in [1.54, 1.807) is 25.2 Å². The molecule has 0 N–H and O–H groups in total. The standard InChI is InChI=1S/C18H19ClN4O3/c1-4-25-16-7-5-6-15(23-18(24)22(3)20-21-23)14(16)11-26-17-10-13(19)9-8-12(17)2/h5-10H,4,11H2,1-3H3. The first-order chi connectivity index (χ1) is 12.5. The van der Waals surface area contributed by atoms with Gasteiger partial charge in [0, 0.05) is 12.1 Å². The van der Waals surface area contributed by atoms with Gasteiger partial charge in [0.25, 0.3) is 0 Å². The third kappa shape index (κ3) is 3.57. The first kappa shape index (κ1) is 18.0. The zero-order valence-corrected chi connectivity index (χ0v) is 15.5. The van der Waals surface area contributed by atoms with Crippen molar-refractivity contribution in [2.45, 2.75) is 20.5 Å². The van der Waals surface area contributed by atoms with E-state index in [1.165, 1.54) is 9.36 Å². The Morgan fingerprint density at radius 1 is 1.12 bits per heavy atom. The average molecular weight is 375 g/mol. The lowest BCUT2D eigenvalue weighted by molar-refractivity contribution is 0.284. The van der Waals surface area contributed by atoms with Crippen molar-refractivity contribution in [3.05, 3.63) is 63.0 Å². The van der Waals surface area contributed by atoms with Crippen molar-refractivity contribution in [2.75, 3.05) is 6.61 Å². The number of benzene rings is 2. The molecular formula is C18H19ClN4O3. The van der Waals surface area contributed by atoms with Gasteiger partial charge in [-0.1, -0.05) is 23.7 Å². The van der Waals surface area contributed by atoms with Crippen LogP contribution in [0.5, 0.6) is 11.5 Å².